The van der Waals surface area contributed by atoms with Gasteiger partial charge in [-0.1, -0.05) is 90.5 Å². The number of aliphatic imine (C=N–C) groups is 1. The summed E-state index contributed by atoms with van der Waals surface area (Å²) in [5.41, 5.74) is 6.14. The van der Waals surface area contributed by atoms with Gasteiger partial charge in [-0.05, 0) is 77.6 Å². The molecule has 5 nitrogen and oxygen atoms in total. The number of hydrogen-bond donors (Lipinski definition) is 1. The lowest BCUT2D eigenvalue weighted by molar-refractivity contribution is 0.425. The highest BCUT2D eigenvalue weighted by atomic mass is 32.2. The normalized spacial score (nSPS) is 19.4. The molecule has 0 saturated heterocycles. The van der Waals surface area contributed by atoms with Crippen molar-refractivity contribution >= 4 is 38.5 Å². The minimum atomic E-state index is -4.02. The molecule has 6 heteroatoms. The van der Waals surface area contributed by atoms with Gasteiger partial charge < -0.3 is 9.50 Å². The van der Waals surface area contributed by atoms with Gasteiger partial charge in [-0.2, -0.15) is 8.42 Å². The molecular formula is C36H30N2O3S. The van der Waals surface area contributed by atoms with Crippen molar-refractivity contribution in [1.29, 1.82) is 0 Å². The zero-order valence-electron chi connectivity index (χ0n) is 23.1. The van der Waals surface area contributed by atoms with Crippen molar-refractivity contribution in [2.24, 2.45) is 10.9 Å². The van der Waals surface area contributed by atoms with Crippen molar-refractivity contribution in [3.05, 3.63) is 144 Å². The van der Waals surface area contributed by atoms with Crippen LogP contribution in [0.25, 0.3) is 10.8 Å². The smallest absolute Gasteiger partial charge is 0.339 e. The Bertz CT molecular complexity index is 1950. The molecule has 1 aliphatic carbocycles. The summed E-state index contributed by atoms with van der Waals surface area (Å²) in [5, 5.41) is 5.61. The minimum absolute atomic E-state index is 0.110. The fraction of sp³-hybridized carbons (Fsp3) is 0.139. The molecule has 0 spiro atoms. The number of allylic oxidation sites excluding steroid dienone is 2. The van der Waals surface area contributed by atoms with Crippen LogP contribution in [0.4, 0.5) is 11.4 Å². The first-order valence-electron chi connectivity index (χ1n) is 14.2. The van der Waals surface area contributed by atoms with E-state index in [-0.39, 0.29) is 16.7 Å². The summed E-state index contributed by atoms with van der Waals surface area (Å²) in [6.07, 6.45) is 7.39. The van der Waals surface area contributed by atoms with Gasteiger partial charge in [0.2, 0.25) is 0 Å². The molecule has 0 bridgehead atoms. The van der Waals surface area contributed by atoms with Gasteiger partial charge in [-0.25, -0.2) is 0 Å². The largest absolute Gasteiger partial charge is 0.378 e. The summed E-state index contributed by atoms with van der Waals surface area (Å²) >= 11 is 0. The Labute approximate surface area is 246 Å². The standard InChI is InChI=1S/C36H30N2O3S/c1-24-13-20-28(21-14-24)42(39,40)41-35-22-17-25-7-2-3-8-29(25)33(35)23-37-27-18-15-26(16-19-27)36-32-11-6-10-30(32)31-9-4-5-12-34(31)38-36/h2-10,12-23,30,32,36,38H,11H2,1H3/t30-,32+,36+/m1/s1. The summed E-state index contributed by atoms with van der Waals surface area (Å²) in [6, 6.07) is 35.1. The molecule has 1 aliphatic heterocycles. The zero-order valence-corrected chi connectivity index (χ0v) is 24.0. The Morgan fingerprint density at radius 2 is 1.62 bits per heavy atom. The molecule has 0 unspecified atom stereocenters. The summed E-state index contributed by atoms with van der Waals surface area (Å²) in [4.78, 5) is 4.87. The Morgan fingerprint density at radius 3 is 2.45 bits per heavy atom. The van der Waals surface area contributed by atoms with Crippen LogP contribution < -0.4 is 9.50 Å². The second-order valence-corrected chi connectivity index (χ2v) is 12.5. The average molecular weight is 571 g/mol. The predicted octanol–water partition coefficient (Wildman–Crippen LogP) is 8.49. The highest BCUT2D eigenvalue weighted by Crippen LogP contribution is 2.49. The van der Waals surface area contributed by atoms with Crippen molar-refractivity contribution in [2.45, 2.75) is 30.2 Å². The average Bonchev–Trinajstić information content (AvgIpc) is 3.51. The number of rotatable bonds is 6. The second kappa shape index (κ2) is 10.6. The maximum absolute atomic E-state index is 13.1. The molecule has 7 rings (SSSR count). The molecule has 5 aromatic carbocycles. The quantitative estimate of drug-likeness (QED) is 0.126. The van der Waals surface area contributed by atoms with Crippen molar-refractivity contribution in [2.75, 3.05) is 5.32 Å². The van der Waals surface area contributed by atoms with Crippen LogP contribution in [0.5, 0.6) is 5.75 Å². The molecule has 208 valence electrons. The van der Waals surface area contributed by atoms with Crippen LogP contribution in [-0.2, 0) is 10.1 Å². The number of hydrogen-bond acceptors (Lipinski definition) is 5. The first kappa shape index (κ1) is 26.2. The predicted molar refractivity (Wildman–Crippen MR) is 169 cm³/mol. The van der Waals surface area contributed by atoms with E-state index in [1.54, 1.807) is 36.5 Å². The molecule has 1 N–H and O–H groups in total. The van der Waals surface area contributed by atoms with Crippen LogP contribution in [-0.4, -0.2) is 14.6 Å². The summed E-state index contributed by atoms with van der Waals surface area (Å²) in [6.45, 7) is 1.91. The molecule has 42 heavy (non-hydrogen) atoms. The van der Waals surface area contributed by atoms with Crippen molar-refractivity contribution < 1.29 is 12.6 Å². The van der Waals surface area contributed by atoms with Gasteiger partial charge in [0, 0.05) is 23.4 Å². The molecule has 0 amide bonds. The van der Waals surface area contributed by atoms with Crippen LogP contribution >= 0.6 is 0 Å². The van der Waals surface area contributed by atoms with Gasteiger partial charge in [0.15, 0.2) is 5.75 Å². The highest BCUT2D eigenvalue weighted by molar-refractivity contribution is 7.87. The van der Waals surface area contributed by atoms with Gasteiger partial charge in [0.25, 0.3) is 0 Å². The minimum Gasteiger partial charge on any atom is -0.378 e. The molecule has 0 radical (unpaired) electrons. The van der Waals surface area contributed by atoms with Crippen LogP contribution in [0.15, 0.2) is 131 Å². The van der Waals surface area contributed by atoms with Crippen LogP contribution in [0.3, 0.4) is 0 Å². The first-order chi connectivity index (χ1) is 20.5. The molecule has 2 aliphatic rings. The maximum Gasteiger partial charge on any atom is 0.339 e. The van der Waals surface area contributed by atoms with Crippen molar-refractivity contribution in [3.63, 3.8) is 0 Å². The van der Waals surface area contributed by atoms with Gasteiger partial charge >= 0.3 is 10.1 Å². The zero-order chi connectivity index (χ0) is 28.7. The van der Waals surface area contributed by atoms with Crippen LogP contribution in [0.1, 0.15) is 40.6 Å². The fourth-order valence-corrected chi connectivity index (χ4v) is 7.08. The van der Waals surface area contributed by atoms with E-state index in [2.05, 4.69) is 53.9 Å². The Balaban J connectivity index is 1.19. The number of fused-ring (bicyclic) bond motifs is 4. The fourth-order valence-electron chi connectivity index (χ4n) is 6.13. The number of anilines is 1. The summed E-state index contributed by atoms with van der Waals surface area (Å²) < 4.78 is 32.0. The lowest BCUT2D eigenvalue weighted by Gasteiger charge is -2.37. The van der Waals surface area contributed by atoms with Gasteiger partial charge in [-0.3, -0.25) is 4.99 Å². The van der Waals surface area contributed by atoms with Gasteiger partial charge in [0.1, 0.15) is 4.90 Å². The first-order valence-corrected chi connectivity index (χ1v) is 15.6. The molecule has 5 aromatic rings. The number of nitrogens with zero attached hydrogens (tertiary/aromatic N) is 1. The molecule has 0 aromatic heterocycles. The van der Waals surface area contributed by atoms with E-state index in [4.69, 9.17) is 9.18 Å². The highest BCUT2D eigenvalue weighted by Gasteiger charge is 2.37. The molecular weight excluding hydrogens is 540 g/mol. The van der Waals surface area contributed by atoms with Crippen LogP contribution in [0.2, 0.25) is 0 Å². The number of nitrogens with one attached hydrogen (secondary N) is 1. The lowest BCUT2D eigenvalue weighted by atomic mass is 9.77. The molecule has 0 fully saturated rings. The monoisotopic (exact) mass is 570 g/mol. The number of benzene rings is 5. The third kappa shape index (κ3) is 4.88. The van der Waals surface area contributed by atoms with E-state index >= 15 is 0 Å². The van der Waals surface area contributed by atoms with E-state index in [9.17, 15) is 8.42 Å². The lowest BCUT2D eigenvalue weighted by Crippen LogP contribution is -2.28. The Kier molecular flexibility index (Phi) is 6.63. The van der Waals surface area contributed by atoms with E-state index in [1.807, 2.05) is 49.4 Å². The third-order valence-electron chi connectivity index (χ3n) is 8.31. The van der Waals surface area contributed by atoms with Crippen molar-refractivity contribution in [3.8, 4) is 5.75 Å². The number of para-hydroxylation sites is 1. The topological polar surface area (TPSA) is 67.8 Å². The van der Waals surface area contributed by atoms with E-state index in [0.717, 1.165) is 28.4 Å². The molecule has 3 atom stereocenters. The van der Waals surface area contributed by atoms with E-state index in [0.29, 0.717) is 17.4 Å². The van der Waals surface area contributed by atoms with E-state index in [1.165, 1.54) is 16.8 Å². The van der Waals surface area contributed by atoms with Crippen LogP contribution in [0, 0.1) is 12.8 Å². The molecule has 0 saturated carbocycles. The summed E-state index contributed by atoms with van der Waals surface area (Å²) in [5.74, 6) is 1.13. The van der Waals surface area contributed by atoms with Gasteiger partial charge in [0.05, 0.1) is 11.7 Å². The number of aryl methyl sites for hydroxylation is 1. The SMILES string of the molecule is Cc1ccc(S(=O)(=O)Oc2ccc3ccccc3c2C=Nc2ccc([C@@H]3Nc4ccccc4[C@H]4C=CC[C@@H]43)cc2)cc1. The summed E-state index contributed by atoms with van der Waals surface area (Å²) in [7, 11) is -4.02. The molecule has 1 heterocycles. The van der Waals surface area contributed by atoms with Crippen molar-refractivity contribution in [1.82, 2.24) is 0 Å². The Hall–Kier alpha value is -4.68. The Morgan fingerprint density at radius 1 is 0.857 bits per heavy atom. The van der Waals surface area contributed by atoms with E-state index < -0.39 is 10.1 Å². The second-order valence-electron chi connectivity index (χ2n) is 11.0. The maximum atomic E-state index is 13.1. The van der Waals surface area contributed by atoms with Gasteiger partial charge in [-0.15, -0.1) is 0 Å². The third-order valence-corrected chi connectivity index (χ3v) is 9.56.